The van der Waals surface area contributed by atoms with Crippen LogP contribution in [0.15, 0.2) is 24.3 Å². The van der Waals surface area contributed by atoms with Gasteiger partial charge in [0.2, 0.25) is 0 Å². The van der Waals surface area contributed by atoms with Crippen molar-refractivity contribution in [3.63, 3.8) is 0 Å². The summed E-state index contributed by atoms with van der Waals surface area (Å²) in [5.41, 5.74) is 9.26. The molecule has 2 fully saturated rings. The molecule has 1 aromatic carbocycles. The van der Waals surface area contributed by atoms with Crippen LogP contribution in [-0.4, -0.2) is 30.1 Å². The number of likely N-dealkylation sites (tertiary alicyclic amines) is 1. The lowest BCUT2D eigenvalue weighted by atomic mass is 9.93. The second-order valence-corrected chi connectivity index (χ2v) is 7.03. The van der Waals surface area contributed by atoms with Crippen molar-refractivity contribution in [1.82, 2.24) is 4.90 Å². The molecule has 0 radical (unpaired) electrons. The van der Waals surface area contributed by atoms with Gasteiger partial charge in [-0.2, -0.15) is 0 Å². The largest absolute Gasteiger partial charge is 0.329 e. The molecule has 3 unspecified atom stereocenters. The van der Waals surface area contributed by atoms with Crippen molar-refractivity contribution in [1.29, 1.82) is 0 Å². The fourth-order valence-electron chi connectivity index (χ4n) is 5.17. The van der Waals surface area contributed by atoms with Crippen molar-refractivity contribution in [3.8, 4) is 0 Å². The number of benzene rings is 1. The van der Waals surface area contributed by atoms with E-state index in [4.69, 9.17) is 5.73 Å². The Morgan fingerprint density at radius 2 is 1.65 bits per heavy atom. The smallest absolute Gasteiger partial charge is 0.0222 e. The van der Waals surface area contributed by atoms with Crippen molar-refractivity contribution < 1.29 is 0 Å². The Kier molecular flexibility index (Phi) is 3.31. The Balaban J connectivity index is 1.64. The average Bonchev–Trinajstić information content (AvgIpc) is 3.01. The molecule has 2 aliphatic carbocycles. The Morgan fingerprint density at radius 3 is 2.25 bits per heavy atom. The third-order valence-corrected chi connectivity index (χ3v) is 6.03. The molecule has 0 aromatic heterocycles. The van der Waals surface area contributed by atoms with Gasteiger partial charge in [0.15, 0.2) is 0 Å². The highest BCUT2D eigenvalue weighted by atomic mass is 15.2. The van der Waals surface area contributed by atoms with E-state index in [1.165, 1.54) is 45.1 Å². The van der Waals surface area contributed by atoms with Crippen LogP contribution in [0.4, 0.5) is 0 Å². The number of rotatable bonds is 2. The van der Waals surface area contributed by atoms with Crippen LogP contribution in [0.1, 0.15) is 36.8 Å². The number of nitrogens with two attached hydrogens (primary N) is 1. The molecule has 3 aliphatic rings. The van der Waals surface area contributed by atoms with Gasteiger partial charge in [0.1, 0.15) is 0 Å². The molecule has 2 nitrogen and oxygen atoms in total. The zero-order chi connectivity index (χ0) is 13.5. The lowest BCUT2D eigenvalue weighted by molar-refractivity contribution is 0.117. The Bertz CT molecular complexity index is 451. The van der Waals surface area contributed by atoms with Gasteiger partial charge in [-0.1, -0.05) is 24.3 Å². The van der Waals surface area contributed by atoms with Gasteiger partial charge in [-0.05, 0) is 68.0 Å². The predicted molar refractivity (Wildman–Crippen MR) is 82.6 cm³/mol. The first-order valence-electron chi connectivity index (χ1n) is 8.39. The van der Waals surface area contributed by atoms with Gasteiger partial charge in [-0.25, -0.2) is 0 Å². The monoisotopic (exact) mass is 270 g/mol. The molecule has 4 rings (SSSR count). The molecule has 0 amide bonds. The quantitative estimate of drug-likeness (QED) is 0.895. The zero-order valence-electron chi connectivity index (χ0n) is 12.3. The minimum Gasteiger partial charge on any atom is -0.329 e. The van der Waals surface area contributed by atoms with E-state index in [2.05, 4.69) is 29.2 Å². The van der Waals surface area contributed by atoms with Crippen LogP contribution >= 0.6 is 0 Å². The molecule has 108 valence electrons. The summed E-state index contributed by atoms with van der Waals surface area (Å²) >= 11 is 0. The van der Waals surface area contributed by atoms with Crippen LogP contribution in [0.25, 0.3) is 0 Å². The van der Waals surface area contributed by atoms with Crippen LogP contribution in [0, 0.1) is 11.8 Å². The van der Waals surface area contributed by atoms with Crippen molar-refractivity contribution in [2.75, 3.05) is 13.1 Å². The molecule has 1 heterocycles. The molecule has 2 bridgehead atoms. The normalized spacial score (nSPS) is 36.9. The van der Waals surface area contributed by atoms with Gasteiger partial charge in [-0.3, -0.25) is 4.90 Å². The van der Waals surface area contributed by atoms with E-state index in [0.29, 0.717) is 6.04 Å². The highest BCUT2D eigenvalue weighted by Gasteiger charge is 2.44. The van der Waals surface area contributed by atoms with E-state index in [1.54, 1.807) is 11.1 Å². The molecule has 2 N–H and O–H groups in total. The lowest BCUT2D eigenvalue weighted by Gasteiger charge is -2.36. The first kappa shape index (κ1) is 12.8. The third-order valence-electron chi connectivity index (χ3n) is 6.03. The molecule has 1 saturated heterocycles. The van der Waals surface area contributed by atoms with Crippen molar-refractivity contribution >= 4 is 0 Å². The van der Waals surface area contributed by atoms with E-state index in [-0.39, 0.29) is 0 Å². The van der Waals surface area contributed by atoms with Gasteiger partial charge in [-0.15, -0.1) is 0 Å². The van der Waals surface area contributed by atoms with E-state index >= 15 is 0 Å². The molecule has 2 heteroatoms. The van der Waals surface area contributed by atoms with Gasteiger partial charge in [0.05, 0.1) is 0 Å². The minimum atomic E-state index is 0.657. The lowest BCUT2D eigenvalue weighted by Crippen LogP contribution is -2.47. The highest BCUT2D eigenvalue weighted by molar-refractivity contribution is 5.31. The molecule has 3 atom stereocenters. The predicted octanol–water partition coefficient (Wildman–Crippen LogP) is 2.60. The average molecular weight is 270 g/mol. The van der Waals surface area contributed by atoms with Gasteiger partial charge < -0.3 is 5.73 Å². The molecular formula is C18H26N2. The molecule has 0 spiro atoms. The summed E-state index contributed by atoms with van der Waals surface area (Å²) in [7, 11) is 0. The molecule has 20 heavy (non-hydrogen) atoms. The molecule has 1 saturated carbocycles. The Labute approximate surface area is 122 Å². The minimum absolute atomic E-state index is 0.657. The number of hydrogen-bond acceptors (Lipinski definition) is 2. The summed E-state index contributed by atoms with van der Waals surface area (Å²) < 4.78 is 0. The fourth-order valence-corrected chi connectivity index (χ4v) is 5.17. The van der Waals surface area contributed by atoms with E-state index in [0.717, 1.165) is 24.4 Å². The van der Waals surface area contributed by atoms with Crippen LogP contribution in [-0.2, 0) is 12.8 Å². The first-order chi connectivity index (χ1) is 9.86. The maximum atomic E-state index is 6.02. The second-order valence-electron chi connectivity index (χ2n) is 7.03. The van der Waals surface area contributed by atoms with Crippen LogP contribution in [0.5, 0.6) is 0 Å². The summed E-state index contributed by atoms with van der Waals surface area (Å²) in [6, 6.07) is 10.6. The summed E-state index contributed by atoms with van der Waals surface area (Å²) in [6.07, 6.45) is 8.12. The standard InChI is InChI=1S/C18H26N2/c19-12-17-6-3-9-20(17)18-15-7-8-16(18)11-14-5-2-1-4-13(14)10-15/h1-2,4-5,15-18H,3,6-12,19H2. The van der Waals surface area contributed by atoms with Crippen molar-refractivity contribution in [3.05, 3.63) is 35.4 Å². The number of fused-ring (bicyclic) bond motifs is 3. The summed E-state index contributed by atoms with van der Waals surface area (Å²) in [6.45, 7) is 2.14. The molecular weight excluding hydrogens is 244 g/mol. The number of hydrogen-bond donors (Lipinski definition) is 1. The maximum absolute atomic E-state index is 6.02. The van der Waals surface area contributed by atoms with Crippen LogP contribution in [0.2, 0.25) is 0 Å². The topological polar surface area (TPSA) is 29.3 Å². The Hall–Kier alpha value is -0.860. The van der Waals surface area contributed by atoms with Gasteiger partial charge in [0.25, 0.3) is 0 Å². The van der Waals surface area contributed by atoms with Crippen molar-refractivity contribution in [2.24, 2.45) is 17.6 Å². The maximum Gasteiger partial charge on any atom is 0.0222 e. The highest BCUT2D eigenvalue weighted by Crippen LogP contribution is 2.44. The Morgan fingerprint density at radius 1 is 1.00 bits per heavy atom. The number of nitrogens with zero attached hydrogens (tertiary/aromatic N) is 1. The van der Waals surface area contributed by atoms with Crippen LogP contribution in [0.3, 0.4) is 0 Å². The summed E-state index contributed by atoms with van der Waals surface area (Å²) in [4.78, 5) is 2.80. The third kappa shape index (κ3) is 2.01. The molecule has 1 aromatic rings. The fraction of sp³-hybridized carbons (Fsp3) is 0.667. The van der Waals surface area contributed by atoms with Gasteiger partial charge in [0, 0.05) is 18.6 Å². The zero-order valence-corrected chi connectivity index (χ0v) is 12.3. The van der Waals surface area contributed by atoms with Gasteiger partial charge >= 0.3 is 0 Å². The summed E-state index contributed by atoms with van der Waals surface area (Å²) in [5.74, 6) is 1.74. The second kappa shape index (κ2) is 5.16. The van der Waals surface area contributed by atoms with E-state index in [9.17, 15) is 0 Å². The van der Waals surface area contributed by atoms with Crippen LogP contribution < -0.4 is 5.73 Å². The SMILES string of the molecule is NCC1CCCN1C1C2CCC1Cc1ccccc1C2. The van der Waals surface area contributed by atoms with E-state index < -0.39 is 0 Å². The molecule has 1 aliphatic heterocycles. The van der Waals surface area contributed by atoms with E-state index in [1.807, 2.05) is 0 Å². The first-order valence-corrected chi connectivity index (χ1v) is 8.39. The summed E-state index contributed by atoms with van der Waals surface area (Å²) in [5, 5.41) is 0. The van der Waals surface area contributed by atoms with Crippen molar-refractivity contribution in [2.45, 2.75) is 50.6 Å².